The lowest BCUT2D eigenvalue weighted by molar-refractivity contribution is -0.115. The number of thioether (sulfide) groups is 1. The maximum absolute atomic E-state index is 14.7. The van der Waals surface area contributed by atoms with Gasteiger partial charge in [-0.3, -0.25) is 14.2 Å². The van der Waals surface area contributed by atoms with Crippen LogP contribution in [0.4, 0.5) is 14.5 Å². The number of para-hydroxylation sites is 3. The summed E-state index contributed by atoms with van der Waals surface area (Å²) < 4.78 is 34.8. The zero-order chi connectivity index (χ0) is 24.2. The molecule has 0 aliphatic heterocycles. The smallest absolute Gasteiger partial charge is 0.266 e. The zero-order valence-corrected chi connectivity index (χ0v) is 19.2. The van der Waals surface area contributed by atoms with Crippen molar-refractivity contribution in [3.63, 3.8) is 0 Å². The first-order valence-corrected chi connectivity index (χ1v) is 11.4. The van der Waals surface area contributed by atoms with Crippen molar-refractivity contribution in [2.24, 2.45) is 0 Å². The summed E-state index contributed by atoms with van der Waals surface area (Å²) in [6, 6.07) is 16.6. The van der Waals surface area contributed by atoms with Gasteiger partial charge in [-0.25, -0.2) is 13.8 Å². The highest BCUT2D eigenvalue weighted by molar-refractivity contribution is 8.00. The van der Waals surface area contributed by atoms with Crippen molar-refractivity contribution in [1.29, 1.82) is 0 Å². The highest BCUT2D eigenvalue weighted by atomic mass is 32.2. The number of anilines is 1. The number of carbonyl (C=O) groups is 1. The van der Waals surface area contributed by atoms with Crippen LogP contribution in [-0.4, -0.2) is 27.3 Å². The fraction of sp³-hybridized carbons (Fsp3) is 0.160. The first-order chi connectivity index (χ1) is 16.4. The third-order valence-electron chi connectivity index (χ3n) is 4.99. The number of nitrogens with zero attached hydrogens (tertiary/aromatic N) is 2. The predicted octanol–water partition coefficient (Wildman–Crippen LogP) is 5.18. The van der Waals surface area contributed by atoms with Gasteiger partial charge >= 0.3 is 0 Å². The Morgan fingerprint density at radius 3 is 2.62 bits per heavy atom. The lowest BCUT2D eigenvalue weighted by atomic mass is 10.2. The molecule has 174 valence electrons. The average Bonchev–Trinajstić information content (AvgIpc) is 2.81. The second kappa shape index (κ2) is 10.0. The number of nitrogens with one attached hydrogen (secondary N) is 1. The van der Waals surface area contributed by atoms with Crippen molar-refractivity contribution >= 4 is 34.3 Å². The SMILES string of the molecule is CCOc1ccccc1NC(=O)C(C)Sc1nc2ccccc2c(=O)n1-c1ccc(F)cc1F. The van der Waals surface area contributed by atoms with Crippen LogP contribution in [0.15, 0.2) is 76.7 Å². The molecule has 0 aliphatic rings. The zero-order valence-electron chi connectivity index (χ0n) is 18.4. The largest absolute Gasteiger partial charge is 0.492 e. The molecular weight excluding hydrogens is 460 g/mol. The lowest BCUT2D eigenvalue weighted by Crippen LogP contribution is -2.27. The van der Waals surface area contributed by atoms with Crippen molar-refractivity contribution in [1.82, 2.24) is 9.55 Å². The number of amides is 1. The molecule has 34 heavy (non-hydrogen) atoms. The summed E-state index contributed by atoms with van der Waals surface area (Å²) in [6.45, 7) is 3.93. The van der Waals surface area contributed by atoms with Crippen molar-refractivity contribution in [3.8, 4) is 11.4 Å². The molecule has 0 bridgehead atoms. The summed E-state index contributed by atoms with van der Waals surface area (Å²) in [5.74, 6) is -1.50. The summed E-state index contributed by atoms with van der Waals surface area (Å²) in [5, 5.41) is 2.49. The quantitative estimate of drug-likeness (QED) is 0.291. The Labute approximate surface area is 198 Å². The van der Waals surface area contributed by atoms with Crippen LogP contribution in [0.25, 0.3) is 16.6 Å². The van der Waals surface area contributed by atoms with Crippen LogP contribution < -0.4 is 15.6 Å². The lowest BCUT2D eigenvalue weighted by Gasteiger charge is -2.17. The second-order valence-corrected chi connectivity index (χ2v) is 8.63. The number of carbonyl (C=O) groups excluding carboxylic acids is 1. The summed E-state index contributed by atoms with van der Waals surface area (Å²) in [6.07, 6.45) is 0. The van der Waals surface area contributed by atoms with Crippen LogP contribution in [-0.2, 0) is 4.79 Å². The van der Waals surface area contributed by atoms with Gasteiger partial charge in [0.15, 0.2) is 5.16 Å². The molecule has 0 saturated heterocycles. The van der Waals surface area contributed by atoms with E-state index in [1.54, 1.807) is 55.5 Å². The van der Waals surface area contributed by atoms with Crippen LogP contribution >= 0.6 is 11.8 Å². The van der Waals surface area contributed by atoms with E-state index in [1.807, 2.05) is 6.92 Å². The number of hydrogen-bond donors (Lipinski definition) is 1. The number of rotatable bonds is 7. The van der Waals surface area contributed by atoms with Crippen LogP contribution in [0.5, 0.6) is 5.75 Å². The Hall–Kier alpha value is -3.72. The number of halogens is 2. The van der Waals surface area contributed by atoms with Crippen LogP contribution in [0.1, 0.15) is 13.8 Å². The molecule has 1 heterocycles. The van der Waals surface area contributed by atoms with Gasteiger partial charge in [0.05, 0.1) is 34.1 Å². The number of hydrogen-bond acceptors (Lipinski definition) is 5. The van der Waals surface area contributed by atoms with Gasteiger partial charge in [-0.1, -0.05) is 36.0 Å². The summed E-state index contributed by atoms with van der Waals surface area (Å²) in [5.41, 5.74) is 0.243. The Morgan fingerprint density at radius 2 is 1.85 bits per heavy atom. The van der Waals surface area contributed by atoms with Crippen LogP contribution in [0.3, 0.4) is 0 Å². The molecule has 3 aromatic carbocycles. The molecule has 1 atom stereocenters. The maximum Gasteiger partial charge on any atom is 0.266 e. The molecule has 1 N–H and O–H groups in total. The highest BCUT2D eigenvalue weighted by Crippen LogP contribution is 2.29. The van der Waals surface area contributed by atoms with E-state index in [-0.39, 0.29) is 22.1 Å². The molecule has 4 rings (SSSR count). The van der Waals surface area contributed by atoms with Gasteiger partial charge < -0.3 is 10.1 Å². The summed E-state index contributed by atoms with van der Waals surface area (Å²) in [4.78, 5) is 30.7. The fourth-order valence-electron chi connectivity index (χ4n) is 3.36. The molecule has 0 spiro atoms. The third kappa shape index (κ3) is 4.79. The second-order valence-electron chi connectivity index (χ2n) is 7.33. The first kappa shape index (κ1) is 23.4. The Morgan fingerprint density at radius 1 is 1.12 bits per heavy atom. The van der Waals surface area contributed by atoms with Crippen LogP contribution in [0, 0.1) is 11.6 Å². The monoisotopic (exact) mass is 481 g/mol. The van der Waals surface area contributed by atoms with E-state index >= 15 is 0 Å². The third-order valence-corrected chi connectivity index (χ3v) is 6.04. The van der Waals surface area contributed by atoms with Crippen molar-refractivity contribution in [3.05, 3.63) is 88.7 Å². The highest BCUT2D eigenvalue weighted by Gasteiger charge is 2.22. The molecule has 0 fully saturated rings. The van der Waals surface area contributed by atoms with Gasteiger partial charge in [0, 0.05) is 6.07 Å². The minimum absolute atomic E-state index is 0.106. The van der Waals surface area contributed by atoms with Gasteiger partial charge in [0.25, 0.3) is 5.56 Å². The van der Waals surface area contributed by atoms with E-state index in [1.165, 1.54) is 6.07 Å². The van der Waals surface area contributed by atoms with Gasteiger partial charge in [-0.05, 0) is 50.2 Å². The number of fused-ring (bicyclic) bond motifs is 1. The number of aromatic nitrogens is 2. The van der Waals surface area contributed by atoms with Gasteiger partial charge in [-0.15, -0.1) is 0 Å². The van der Waals surface area contributed by atoms with Gasteiger partial charge in [-0.2, -0.15) is 0 Å². The van der Waals surface area contributed by atoms with Crippen molar-refractivity contribution in [2.45, 2.75) is 24.3 Å². The van der Waals surface area contributed by atoms with E-state index in [4.69, 9.17) is 4.74 Å². The maximum atomic E-state index is 14.7. The normalized spacial score (nSPS) is 11.9. The molecule has 1 amide bonds. The Balaban J connectivity index is 1.72. The molecule has 6 nitrogen and oxygen atoms in total. The van der Waals surface area contributed by atoms with Gasteiger partial charge in [0.2, 0.25) is 5.91 Å². The minimum atomic E-state index is -0.913. The predicted molar refractivity (Wildman–Crippen MR) is 129 cm³/mol. The summed E-state index contributed by atoms with van der Waals surface area (Å²) in [7, 11) is 0. The Kier molecular flexibility index (Phi) is 6.93. The van der Waals surface area contributed by atoms with E-state index in [9.17, 15) is 18.4 Å². The van der Waals surface area contributed by atoms with Crippen molar-refractivity contribution < 1.29 is 18.3 Å². The molecule has 4 aromatic rings. The average molecular weight is 482 g/mol. The van der Waals surface area contributed by atoms with Gasteiger partial charge in [0.1, 0.15) is 17.4 Å². The number of benzene rings is 3. The molecule has 0 radical (unpaired) electrons. The van der Waals surface area contributed by atoms with E-state index in [0.717, 1.165) is 22.4 Å². The van der Waals surface area contributed by atoms with E-state index in [2.05, 4.69) is 10.3 Å². The van der Waals surface area contributed by atoms with E-state index in [0.29, 0.717) is 29.6 Å². The Bertz CT molecular complexity index is 1420. The van der Waals surface area contributed by atoms with E-state index < -0.39 is 22.4 Å². The number of ether oxygens (including phenoxy) is 1. The molecular formula is C25H21F2N3O3S. The van der Waals surface area contributed by atoms with Crippen molar-refractivity contribution in [2.75, 3.05) is 11.9 Å². The topological polar surface area (TPSA) is 73.2 Å². The first-order valence-electron chi connectivity index (χ1n) is 10.6. The molecule has 0 saturated carbocycles. The fourth-order valence-corrected chi connectivity index (χ4v) is 4.28. The van der Waals surface area contributed by atoms with Crippen LogP contribution in [0.2, 0.25) is 0 Å². The molecule has 1 aromatic heterocycles. The summed E-state index contributed by atoms with van der Waals surface area (Å²) >= 11 is 0.992. The molecule has 1 unspecified atom stereocenters. The minimum Gasteiger partial charge on any atom is -0.492 e. The molecule has 9 heteroatoms. The molecule has 0 aliphatic carbocycles. The standard InChI is InChI=1S/C25H21F2N3O3S/c1-3-33-22-11-7-6-10-20(22)28-23(31)15(2)34-25-29-19-9-5-4-8-17(19)24(32)30(25)21-13-12-16(26)14-18(21)27/h4-15H,3H2,1-2H3,(H,28,31).